The van der Waals surface area contributed by atoms with Gasteiger partial charge in [-0.25, -0.2) is 0 Å². The highest BCUT2D eigenvalue weighted by molar-refractivity contribution is 14.1. The molecule has 120 valence electrons. The third-order valence-electron chi connectivity index (χ3n) is 2.84. The zero-order valence-electron chi connectivity index (χ0n) is 12.1. The second kappa shape index (κ2) is 7.90. The van der Waals surface area contributed by atoms with Crippen LogP contribution in [0.3, 0.4) is 0 Å². The van der Waals surface area contributed by atoms with Gasteiger partial charge in [-0.2, -0.15) is 0 Å². The minimum atomic E-state index is -0.501. The second-order valence-electron chi connectivity index (χ2n) is 4.48. The summed E-state index contributed by atoms with van der Waals surface area (Å²) in [6.07, 6.45) is 4.91. The van der Waals surface area contributed by atoms with E-state index in [1.807, 2.05) is 12.1 Å². The quantitative estimate of drug-likeness (QED) is 0.228. The Morgan fingerprint density at radius 3 is 2.83 bits per heavy atom. The number of nitrogens with zero attached hydrogens (tertiary/aromatic N) is 2. The van der Waals surface area contributed by atoms with Gasteiger partial charge in [0.1, 0.15) is 12.4 Å². The third kappa shape index (κ3) is 4.31. The number of aryl methyl sites for hydroxylation is 1. The molecular weight excluding hydrogens is 526 g/mol. The molecule has 0 unspecified atom stereocenters. The molecule has 0 aliphatic carbocycles. The maximum atomic E-state index is 11.1. The number of aromatic nitrogens is 1. The second-order valence-corrected chi connectivity index (χ2v) is 6.88. The molecule has 23 heavy (non-hydrogen) atoms. The van der Waals surface area contributed by atoms with E-state index >= 15 is 0 Å². The van der Waals surface area contributed by atoms with Crippen molar-refractivity contribution in [2.24, 2.45) is 0 Å². The van der Waals surface area contributed by atoms with Crippen LogP contribution in [0.5, 0.6) is 5.75 Å². The first-order valence-corrected chi connectivity index (χ1v) is 8.61. The summed E-state index contributed by atoms with van der Waals surface area (Å²) in [6, 6.07) is 3.91. The molecule has 0 spiro atoms. The number of rotatable bonds is 6. The molecule has 0 radical (unpaired) electrons. The van der Waals surface area contributed by atoms with Crippen LogP contribution in [0.25, 0.3) is 12.2 Å². The Balaban J connectivity index is 2.43. The van der Waals surface area contributed by atoms with Crippen molar-refractivity contribution in [3.8, 4) is 5.75 Å². The number of ether oxygens (including phenoxy) is 1. The van der Waals surface area contributed by atoms with Crippen LogP contribution in [0.4, 0.5) is 5.69 Å². The van der Waals surface area contributed by atoms with Gasteiger partial charge in [-0.3, -0.25) is 10.1 Å². The van der Waals surface area contributed by atoms with Crippen LogP contribution in [-0.2, 0) is 0 Å². The zero-order chi connectivity index (χ0) is 17.0. The lowest BCUT2D eigenvalue weighted by atomic mass is 10.1. The zero-order valence-corrected chi connectivity index (χ0v) is 16.4. The minimum Gasteiger partial charge on any atom is -0.488 e. The van der Waals surface area contributed by atoms with Gasteiger partial charge < -0.3 is 9.26 Å². The molecular formula is C15H12I2N2O4. The molecule has 1 aromatic carbocycles. The number of hydrogen-bond acceptors (Lipinski definition) is 5. The van der Waals surface area contributed by atoms with Crippen molar-refractivity contribution >= 4 is 63.0 Å². The first kappa shape index (κ1) is 17.9. The molecule has 0 aliphatic heterocycles. The predicted molar refractivity (Wildman–Crippen MR) is 104 cm³/mol. The summed E-state index contributed by atoms with van der Waals surface area (Å²) in [4.78, 5) is 10.6. The lowest BCUT2D eigenvalue weighted by Crippen LogP contribution is -1.98. The van der Waals surface area contributed by atoms with Crippen molar-refractivity contribution in [3.63, 3.8) is 0 Å². The number of nitro groups is 1. The van der Waals surface area contributed by atoms with E-state index in [1.54, 1.807) is 12.2 Å². The molecule has 0 aliphatic rings. The van der Waals surface area contributed by atoms with Crippen LogP contribution in [0.2, 0.25) is 0 Å². The van der Waals surface area contributed by atoms with Gasteiger partial charge in [0.15, 0.2) is 5.69 Å². The average Bonchev–Trinajstić information content (AvgIpc) is 2.85. The molecule has 1 heterocycles. The molecule has 1 aromatic heterocycles. The highest BCUT2D eigenvalue weighted by atomic mass is 127. The van der Waals surface area contributed by atoms with E-state index in [9.17, 15) is 10.1 Å². The largest absolute Gasteiger partial charge is 0.488 e. The Hall–Kier alpha value is -1.43. The van der Waals surface area contributed by atoms with Gasteiger partial charge in [0.2, 0.25) is 5.76 Å². The molecule has 0 amide bonds. The monoisotopic (exact) mass is 538 g/mol. The van der Waals surface area contributed by atoms with Crippen LogP contribution >= 0.6 is 45.2 Å². The molecule has 0 N–H and O–H groups in total. The summed E-state index contributed by atoms with van der Waals surface area (Å²) < 4.78 is 12.7. The van der Waals surface area contributed by atoms with Crippen molar-refractivity contribution in [2.45, 2.75) is 6.92 Å². The molecule has 0 saturated heterocycles. The Morgan fingerprint density at radius 2 is 2.17 bits per heavy atom. The van der Waals surface area contributed by atoms with E-state index in [0.717, 1.165) is 12.7 Å². The topological polar surface area (TPSA) is 78.4 Å². The molecule has 0 atom stereocenters. The van der Waals surface area contributed by atoms with Crippen LogP contribution in [-0.4, -0.2) is 16.7 Å². The molecule has 2 rings (SSSR count). The normalized spacial score (nSPS) is 10.9. The first-order valence-electron chi connectivity index (χ1n) is 6.45. The van der Waals surface area contributed by atoms with E-state index in [-0.39, 0.29) is 17.1 Å². The fourth-order valence-electron chi connectivity index (χ4n) is 1.88. The molecule has 2 aromatic rings. The Labute approximate surface area is 160 Å². The highest BCUT2D eigenvalue weighted by Crippen LogP contribution is 2.31. The Bertz CT molecular complexity index is 784. The summed E-state index contributed by atoms with van der Waals surface area (Å²) in [5.74, 6) is 0.803. The minimum absolute atomic E-state index is 0.107. The summed E-state index contributed by atoms with van der Waals surface area (Å²) in [5, 5.41) is 14.7. The van der Waals surface area contributed by atoms with Crippen molar-refractivity contribution in [1.82, 2.24) is 5.16 Å². The number of benzene rings is 1. The van der Waals surface area contributed by atoms with Gasteiger partial charge in [-0.05, 0) is 76.4 Å². The van der Waals surface area contributed by atoms with Gasteiger partial charge >= 0.3 is 5.69 Å². The smallest absolute Gasteiger partial charge is 0.338 e. The fourth-order valence-corrected chi connectivity index (χ4v) is 3.92. The average molecular weight is 538 g/mol. The Kier molecular flexibility index (Phi) is 6.16. The van der Waals surface area contributed by atoms with E-state index in [1.165, 1.54) is 13.0 Å². The van der Waals surface area contributed by atoms with Crippen LogP contribution < -0.4 is 4.74 Å². The summed E-state index contributed by atoms with van der Waals surface area (Å²) >= 11 is 4.39. The van der Waals surface area contributed by atoms with E-state index in [0.29, 0.717) is 12.4 Å². The van der Waals surface area contributed by atoms with Crippen LogP contribution in [0.15, 0.2) is 29.3 Å². The maximum absolute atomic E-state index is 11.1. The summed E-state index contributed by atoms with van der Waals surface area (Å²) in [7, 11) is 0. The van der Waals surface area contributed by atoms with E-state index in [2.05, 4.69) is 56.9 Å². The van der Waals surface area contributed by atoms with Gasteiger partial charge in [0, 0.05) is 9.13 Å². The van der Waals surface area contributed by atoms with Gasteiger partial charge in [-0.1, -0.05) is 17.8 Å². The molecule has 6 nitrogen and oxygen atoms in total. The van der Waals surface area contributed by atoms with Gasteiger partial charge in [0.25, 0.3) is 0 Å². The van der Waals surface area contributed by atoms with Crippen molar-refractivity contribution in [2.75, 3.05) is 6.61 Å². The third-order valence-corrected chi connectivity index (χ3v) is 4.26. The van der Waals surface area contributed by atoms with Gasteiger partial charge in [-0.15, -0.1) is 0 Å². The van der Waals surface area contributed by atoms with E-state index in [4.69, 9.17) is 9.26 Å². The van der Waals surface area contributed by atoms with E-state index < -0.39 is 4.92 Å². The van der Waals surface area contributed by atoms with Gasteiger partial charge in [0.05, 0.1) is 8.49 Å². The molecule has 8 heteroatoms. The highest BCUT2D eigenvalue weighted by Gasteiger charge is 2.22. The fraction of sp³-hybridized carbons (Fsp3) is 0.133. The lowest BCUT2D eigenvalue weighted by molar-refractivity contribution is -0.386. The number of hydrogen-bond donors (Lipinski definition) is 0. The van der Waals surface area contributed by atoms with Crippen molar-refractivity contribution in [3.05, 3.63) is 59.1 Å². The molecule has 0 saturated carbocycles. The molecule has 0 bridgehead atoms. The van der Waals surface area contributed by atoms with Crippen LogP contribution in [0.1, 0.15) is 17.0 Å². The maximum Gasteiger partial charge on any atom is 0.338 e. The predicted octanol–water partition coefficient (Wildman–Crippen LogP) is 4.84. The first-order chi connectivity index (χ1) is 10.9. The SMILES string of the molecule is C=CCOc1c(I)cc(I)cc1/C=C/c1onc(C)c1[N+](=O)[O-]. The standard InChI is InChI=1S/C15H12I2N2O4/c1-3-6-22-15-10(7-11(16)8-12(15)17)4-5-13-14(19(20)21)9(2)18-23-13/h3-5,7-8H,1,6H2,2H3/b5-4+. The summed E-state index contributed by atoms with van der Waals surface area (Å²) in [6.45, 7) is 5.54. The summed E-state index contributed by atoms with van der Waals surface area (Å²) in [5.41, 5.74) is 0.914. The Morgan fingerprint density at radius 1 is 1.43 bits per heavy atom. The van der Waals surface area contributed by atoms with Crippen molar-refractivity contribution in [1.29, 1.82) is 0 Å². The molecule has 0 fully saturated rings. The lowest BCUT2D eigenvalue weighted by Gasteiger charge is -2.10. The number of halogens is 2. The van der Waals surface area contributed by atoms with Crippen LogP contribution in [0, 0.1) is 24.2 Å². The van der Waals surface area contributed by atoms with Crippen molar-refractivity contribution < 1.29 is 14.2 Å².